The third kappa shape index (κ3) is 1.41. The lowest BCUT2D eigenvalue weighted by Gasteiger charge is -1.99. The molecule has 0 bridgehead atoms. The normalized spacial score (nSPS) is 10.7. The van der Waals surface area contributed by atoms with Crippen molar-refractivity contribution in [2.75, 3.05) is 0 Å². The topological polar surface area (TPSA) is 75.1 Å². The number of hydrogen-bond donors (Lipinski definition) is 2. The largest absolute Gasteiger partial charge is 0.477 e. The molecule has 0 saturated heterocycles. The van der Waals surface area contributed by atoms with Gasteiger partial charge >= 0.3 is 5.97 Å². The highest BCUT2D eigenvalue weighted by Gasteiger charge is 2.10. The number of nitrogens with zero attached hydrogens (tertiary/aromatic N) is 1. The van der Waals surface area contributed by atoms with Crippen LogP contribution in [0.25, 0.3) is 10.9 Å². The predicted molar refractivity (Wildman–Crippen MR) is 55.2 cm³/mol. The van der Waals surface area contributed by atoms with Crippen LogP contribution in [0, 0.1) is 0 Å². The summed E-state index contributed by atoms with van der Waals surface area (Å²) in [6.07, 6.45) is 1.65. The van der Waals surface area contributed by atoms with Crippen molar-refractivity contribution in [2.24, 2.45) is 0 Å². The molecule has 78 valence electrons. The average molecular weight is 206 g/mol. The van der Waals surface area contributed by atoms with E-state index in [2.05, 4.69) is 4.98 Å². The van der Waals surface area contributed by atoms with Gasteiger partial charge in [-0.15, -0.1) is 0 Å². The first-order valence-corrected chi connectivity index (χ1v) is 4.59. The second-order valence-corrected chi connectivity index (χ2v) is 3.22. The van der Waals surface area contributed by atoms with E-state index in [1.807, 2.05) is 6.92 Å². The van der Waals surface area contributed by atoms with E-state index in [-0.39, 0.29) is 11.3 Å². The fourth-order valence-electron chi connectivity index (χ4n) is 1.53. The first-order valence-electron chi connectivity index (χ1n) is 4.59. The molecule has 0 amide bonds. The smallest absolute Gasteiger partial charge is 0.352 e. The summed E-state index contributed by atoms with van der Waals surface area (Å²) in [6.45, 7) is 2.43. The highest BCUT2D eigenvalue weighted by Crippen LogP contribution is 2.10. The fraction of sp³-hybridized carbons (Fsp3) is 0.200. The van der Waals surface area contributed by atoms with Crippen molar-refractivity contribution in [2.45, 2.75) is 13.5 Å². The van der Waals surface area contributed by atoms with Crippen LogP contribution in [0.5, 0.6) is 0 Å². The van der Waals surface area contributed by atoms with E-state index < -0.39 is 5.97 Å². The Hall–Kier alpha value is -2.04. The van der Waals surface area contributed by atoms with Crippen LogP contribution in [0.4, 0.5) is 0 Å². The lowest BCUT2D eigenvalue weighted by molar-refractivity contribution is 0.0691. The third-order valence-electron chi connectivity index (χ3n) is 2.33. The van der Waals surface area contributed by atoms with Gasteiger partial charge in [0, 0.05) is 12.7 Å². The lowest BCUT2D eigenvalue weighted by atomic mass is 10.3. The van der Waals surface area contributed by atoms with E-state index in [0.29, 0.717) is 17.4 Å². The maximum atomic E-state index is 11.7. The van der Waals surface area contributed by atoms with Crippen molar-refractivity contribution in [3.8, 4) is 0 Å². The van der Waals surface area contributed by atoms with Gasteiger partial charge in [0.1, 0.15) is 5.69 Å². The lowest BCUT2D eigenvalue weighted by Crippen LogP contribution is -2.17. The van der Waals surface area contributed by atoms with Crippen molar-refractivity contribution in [1.82, 2.24) is 9.55 Å². The van der Waals surface area contributed by atoms with E-state index in [1.54, 1.807) is 12.3 Å². The molecule has 0 aliphatic rings. The number of carbonyl (C=O) groups is 1. The maximum Gasteiger partial charge on any atom is 0.352 e. The Morgan fingerprint density at radius 2 is 2.33 bits per heavy atom. The summed E-state index contributed by atoms with van der Waals surface area (Å²) in [5.74, 6) is -1.06. The molecule has 5 nitrogen and oxygen atoms in total. The molecule has 15 heavy (non-hydrogen) atoms. The van der Waals surface area contributed by atoms with Gasteiger partial charge in [-0.25, -0.2) is 4.79 Å². The Labute approximate surface area is 85.0 Å². The second-order valence-electron chi connectivity index (χ2n) is 3.22. The van der Waals surface area contributed by atoms with E-state index in [0.717, 1.165) is 0 Å². The Morgan fingerprint density at radius 1 is 1.60 bits per heavy atom. The Balaban J connectivity index is 2.77. The van der Waals surface area contributed by atoms with Crippen molar-refractivity contribution in [3.05, 3.63) is 34.4 Å². The molecule has 0 spiro atoms. The second kappa shape index (κ2) is 3.27. The molecule has 2 aromatic rings. The van der Waals surface area contributed by atoms with Crippen LogP contribution in [0.15, 0.2) is 23.1 Å². The molecule has 0 aliphatic heterocycles. The Bertz CT molecular complexity index is 580. The van der Waals surface area contributed by atoms with Crippen molar-refractivity contribution in [3.63, 3.8) is 0 Å². The molecule has 0 saturated carbocycles. The highest BCUT2D eigenvalue weighted by molar-refractivity contribution is 5.93. The molecule has 0 fully saturated rings. The summed E-state index contributed by atoms with van der Waals surface area (Å²) in [4.78, 5) is 25.1. The highest BCUT2D eigenvalue weighted by atomic mass is 16.4. The summed E-state index contributed by atoms with van der Waals surface area (Å²) < 4.78 is 1.53. The van der Waals surface area contributed by atoms with Crippen LogP contribution in [0.1, 0.15) is 17.4 Å². The minimum Gasteiger partial charge on any atom is -0.477 e. The quantitative estimate of drug-likeness (QED) is 0.771. The van der Waals surface area contributed by atoms with Gasteiger partial charge in [-0.05, 0) is 19.1 Å². The number of hydrogen-bond acceptors (Lipinski definition) is 2. The van der Waals surface area contributed by atoms with Gasteiger partial charge < -0.3 is 14.7 Å². The van der Waals surface area contributed by atoms with Gasteiger partial charge in [0.15, 0.2) is 0 Å². The number of nitrogens with one attached hydrogen (secondary N) is 1. The molecule has 2 rings (SSSR count). The number of fused-ring (bicyclic) bond motifs is 1. The molecule has 0 unspecified atom stereocenters. The fourth-order valence-corrected chi connectivity index (χ4v) is 1.53. The van der Waals surface area contributed by atoms with Crippen LogP contribution in [-0.4, -0.2) is 20.6 Å². The average Bonchev–Trinajstić information content (AvgIpc) is 2.63. The standard InChI is InChI=1S/C10H10N2O3/c1-2-12-4-3-7-6(9(12)13)5-8(11-7)10(14)15/h3-5,11H,2H2,1H3,(H,14,15). The van der Waals surface area contributed by atoms with Crippen LogP contribution in [0.2, 0.25) is 0 Å². The van der Waals surface area contributed by atoms with E-state index in [9.17, 15) is 9.59 Å². The van der Waals surface area contributed by atoms with Gasteiger partial charge in [0.25, 0.3) is 5.56 Å². The van der Waals surface area contributed by atoms with E-state index in [1.165, 1.54) is 10.6 Å². The summed E-state index contributed by atoms with van der Waals surface area (Å²) in [5.41, 5.74) is 0.428. The summed E-state index contributed by atoms with van der Waals surface area (Å²) in [7, 11) is 0. The molecule has 2 aromatic heterocycles. The molecule has 0 atom stereocenters. The number of H-pyrrole nitrogens is 1. The minimum atomic E-state index is -1.06. The van der Waals surface area contributed by atoms with Gasteiger partial charge in [0.05, 0.1) is 10.9 Å². The number of aryl methyl sites for hydroxylation is 1. The number of aromatic carboxylic acids is 1. The zero-order valence-electron chi connectivity index (χ0n) is 8.15. The van der Waals surface area contributed by atoms with E-state index >= 15 is 0 Å². The molecular weight excluding hydrogens is 196 g/mol. The zero-order valence-corrected chi connectivity index (χ0v) is 8.15. The van der Waals surface area contributed by atoms with Crippen LogP contribution < -0.4 is 5.56 Å². The summed E-state index contributed by atoms with van der Waals surface area (Å²) in [6, 6.07) is 3.07. The number of pyridine rings is 1. The number of rotatable bonds is 2. The van der Waals surface area contributed by atoms with Gasteiger partial charge in [-0.1, -0.05) is 0 Å². The maximum absolute atomic E-state index is 11.7. The van der Waals surface area contributed by atoms with Crippen molar-refractivity contribution in [1.29, 1.82) is 0 Å². The van der Waals surface area contributed by atoms with Crippen LogP contribution in [-0.2, 0) is 6.54 Å². The minimum absolute atomic E-state index is 0.0379. The number of aromatic nitrogens is 2. The molecule has 2 N–H and O–H groups in total. The SMILES string of the molecule is CCn1ccc2[nH]c(C(=O)O)cc2c1=O. The number of aromatic amines is 1. The van der Waals surface area contributed by atoms with Gasteiger partial charge in [0.2, 0.25) is 0 Å². The third-order valence-corrected chi connectivity index (χ3v) is 2.33. The van der Waals surface area contributed by atoms with Crippen LogP contribution in [0.3, 0.4) is 0 Å². The molecular formula is C10H10N2O3. The number of carboxylic acid groups (broad SMARTS) is 1. The van der Waals surface area contributed by atoms with Crippen molar-refractivity contribution < 1.29 is 9.90 Å². The molecule has 5 heteroatoms. The monoisotopic (exact) mass is 206 g/mol. The predicted octanol–water partition coefficient (Wildman–Crippen LogP) is 1.05. The summed E-state index contributed by atoms with van der Waals surface area (Å²) in [5, 5.41) is 9.18. The molecule has 0 radical (unpaired) electrons. The molecule has 0 aromatic carbocycles. The Kier molecular flexibility index (Phi) is 2.07. The van der Waals surface area contributed by atoms with Crippen molar-refractivity contribution >= 4 is 16.9 Å². The first-order chi connectivity index (χ1) is 7.13. The zero-order chi connectivity index (χ0) is 11.0. The Morgan fingerprint density at radius 3 is 2.93 bits per heavy atom. The first kappa shape index (κ1) is 9.51. The molecule has 2 heterocycles. The number of carboxylic acids is 1. The van der Waals surface area contributed by atoms with Gasteiger partial charge in [-0.3, -0.25) is 4.79 Å². The molecule has 0 aliphatic carbocycles. The van der Waals surface area contributed by atoms with Gasteiger partial charge in [-0.2, -0.15) is 0 Å². The van der Waals surface area contributed by atoms with E-state index in [4.69, 9.17) is 5.11 Å². The summed E-state index contributed by atoms with van der Waals surface area (Å²) >= 11 is 0. The van der Waals surface area contributed by atoms with Crippen LogP contribution >= 0.6 is 0 Å².